The van der Waals surface area contributed by atoms with E-state index in [-0.39, 0.29) is 24.7 Å². The maximum absolute atomic E-state index is 13.6. The molecular weight excluding hydrogens is 611 g/mol. The maximum Gasteiger partial charge on any atom is 0.573 e. The maximum atomic E-state index is 13.6. The van der Waals surface area contributed by atoms with Crippen molar-refractivity contribution in [2.24, 2.45) is 5.92 Å². The van der Waals surface area contributed by atoms with Gasteiger partial charge in [-0.15, -0.1) is 13.2 Å². The summed E-state index contributed by atoms with van der Waals surface area (Å²) in [5.41, 5.74) is -0.800. The van der Waals surface area contributed by atoms with Crippen molar-refractivity contribution in [3.63, 3.8) is 0 Å². The van der Waals surface area contributed by atoms with Gasteiger partial charge in [0.1, 0.15) is 5.75 Å². The highest BCUT2D eigenvalue weighted by atomic mass is 19.4. The van der Waals surface area contributed by atoms with E-state index in [0.717, 1.165) is 37.7 Å². The lowest BCUT2D eigenvalue weighted by Gasteiger charge is -2.34. The summed E-state index contributed by atoms with van der Waals surface area (Å²) in [5, 5.41) is 0. The highest BCUT2D eigenvalue weighted by Gasteiger charge is 2.37. The molecule has 0 amide bonds. The average Bonchev–Trinajstić information content (AvgIpc) is 2.95. The molecule has 4 rings (SSSR count). The van der Waals surface area contributed by atoms with Crippen molar-refractivity contribution >= 4 is 11.4 Å². The number of halogens is 9. The van der Waals surface area contributed by atoms with Gasteiger partial charge < -0.3 is 14.5 Å². The van der Waals surface area contributed by atoms with E-state index in [1.54, 1.807) is 29.2 Å². The van der Waals surface area contributed by atoms with E-state index in [1.165, 1.54) is 18.2 Å². The minimum absolute atomic E-state index is 0.0696. The van der Waals surface area contributed by atoms with Crippen molar-refractivity contribution in [3.05, 3.63) is 88.5 Å². The Morgan fingerprint density at radius 1 is 0.711 bits per heavy atom. The number of hydrogen-bond acceptors (Lipinski definition) is 3. The van der Waals surface area contributed by atoms with E-state index in [9.17, 15) is 39.5 Å². The summed E-state index contributed by atoms with van der Waals surface area (Å²) >= 11 is 0. The minimum atomic E-state index is -5.03. The summed E-state index contributed by atoms with van der Waals surface area (Å²) in [7, 11) is 0. The van der Waals surface area contributed by atoms with E-state index in [1.807, 2.05) is 13.8 Å². The van der Waals surface area contributed by atoms with Gasteiger partial charge in [-0.25, -0.2) is 0 Å². The standard InChI is InChI=1S/C33H35F9N2O/c1-3-43(19-23-7-5-4-6-8-23)30-14-13-29(45-33(40,41)42)17-25(30)21-44(28-11-9-22(2)10-12-28)20-24-15-26(31(34,35)36)18-27(16-24)32(37,38)39/h9-18,23H,3-8,19-21H2,1-2H3. The summed E-state index contributed by atoms with van der Waals surface area (Å²) in [6, 6.07) is 12.2. The molecule has 0 atom stereocenters. The first kappa shape index (κ1) is 34.3. The number of hydrogen-bond donors (Lipinski definition) is 0. The molecule has 3 aromatic rings. The Bertz CT molecular complexity index is 1380. The number of alkyl halides is 9. The summed E-state index contributed by atoms with van der Waals surface area (Å²) in [4.78, 5) is 3.61. The molecular formula is C33H35F9N2O. The molecule has 1 saturated carbocycles. The smallest absolute Gasteiger partial charge is 0.406 e. The molecule has 3 nitrogen and oxygen atoms in total. The predicted molar refractivity (Wildman–Crippen MR) is 155 cm³/mol. The molecule has 0 unspecified atom stereocenters. The molecule has 0 aliphatic heterocycles. The summed E-state index contributed by atoms with van der Waals surface area (Å²) < 4.78 is 126. The van der Waals surface area contributed by atoms with Gasteiger partial charge in [-0.3, -0.25) is 0 Å². The van der Waals surface area contributed by atoms with Gasteiger partial charge in [-0.2, -0.15) is 26.3 Å². The summed E-state index contributed by atoms with van der Waals surface area (Å²) in [6.07, 6.45) is -9.65. The quantitative estimate of drug-likeness (QED) is 0.204. The lowest BCUT2D eigenvalue weighted by Crippen LogP contribution is -2.32. The lowest BCUT2D eigenvalue weighted by atomic mass is 9.88. The molecule has 246 valence electrons. The molecule has 0 radical (unpaired) electrons. The highest BCUT2D eigenvalue weighted by molar-refractivity contribution is 5.59. The Morgan fingerprint density at radius 3 is 1.84 bits per heavy atom. The van der Waals surface area contributed by atoms with Crippen molar-refractivity contribution in [3.8, 4) is 5.75 Å². The van der Waals surface area contributed by atoms with Crippen LogP contribution in [0.4, 0.5) is 50.9 Å². The van der Waals surface area contributed by atoms with E-state index < -0.39 is 35.6 Å². The van der Waals surface area contributed by atoms with Crippen molar-refractivity contribution in [1.29, 1.82) is 0 Å². The van der Waals surface area contributed by atoms with Crippen molar-refractivity contribution < 1.29 is 44.3 Å². The summed E-state index contributed by atoms with van der Waals surface area (Å²) in [6.45, 7) is 4.44. The van der Waals surface area contributed by atoms with Crippen LogP contribution in [0.2, 0.25) is 0 Å². The van der Waals surface area contributed by atoms with Crippen LogP contribution in [-0.4, -0.2) is 19.5 Å². The predicted octanol–water partition coefficient (Wildman–Crippen LogP) is 10.5. The fraction of sp³-hybridized carbons (Fsp3) is 0.455. The zero-order valence-corrected chi connectivity index (χ0v) is 24.9. The van der Waals surface area contributed by atoms with Crippen LogP contribution in [0.15, 0.2) is 60.7 Å². The first-order chi connectivity index (χ1) is 21.0. The number of ether oxygens (including phenoxy) is 1. The Balaban J connectivity index is 1.79. The van der Waals surface area contributed by atoms with E-state index in [4.69, 9.17) is 0 Å². The number of rotatable bonds is 10. The summed E-state index contributed by atoms with van der Waals surface area (Å²) in [5.74, 6) is -0.0889. The average molecular weight is 647 g/mol. The molecule has 0 saturated heterocycles. The van der Waals surface area contributed by atoms with Crippen LogP contribution in [0.25, 0.3) is 0 Å². The molecule has 1 fully saturated rings. The van der Waals surface area contributed by atoms with Gasteiger partial charge in [0.2, 0.25) is 0 Å². The monoisotopic (exact) mass is 646 g/mol. The largest absolute Gasteiger partial charge is 0.573 e. The van der Waals surface area contributed by atoms with Crippen LogP contribution < -0.4 is 14.5 Å². The molecule has 1 aliphatic rings. The van der Waals surface area contributed by atoms with E-state index in [0.29, 0.717) is 48.1 Å². The van der Waals surface area contributed by atoms with E-state index in [2.05, 4.69) is 9.64 Å². The zero-order chi connectivity index (χ0) is 33.0. The second-order valence-electron chi connectivity index (χ2n) is 11.5. The topological polar surface area (TPSA) is 15.7 Å². The molecule has 0 aromatic heterocycles. The second-order valence-corrected chi connectivity index (χ2v) is 11.5. The fourth-order valence-corrected chi connectivity index (χ4v) is 5.80. The Kier molecular flexibility index (Phi) is 10.5. The van der Waals surface area contributed by atoms with Gasteiger partial charge in [0.15, 0.2) is 0 Å². The van der Waals surface area contributed by atoms with Crippen molar-refractivity contribution in [2.75, 3.05) is 22.9 Å². The number of anilines is 2. The number of aryl methyl sites for hydroxylation is 1. The van der Waals surface area contributed by atoms with Crippen molar-refractivity contribution in [2.45, 2.75) is 77.8 Å². The molecule has 0 spiro atoms. The number of nitrogens with zero attached hydrogens (tertiary/aromatic N) is 2. The van der Waals surface area contributed by atoms with Gasteiger partial charge in [0, 0.05) is 37.6 Å². The molecule has 12 heteroatoms. The Morgan fingerprint density at radius 2 is 1.31 bits per heavy atom. The van der Waals surface area contributed by atoms with Crippen LogP contribution in [0.5, 0.6) is 5.75 Å². The normalized spacial score (nSPS) is 14.8. The third kappa shape index (κ3) is 9.71. The fourth-order valence-electron chi connectivity index (χ4n) is 5.80. The molecule has 1 aliphatic carbocycles. The van der Waals surface area contributed by atoms with Crippen LogP contribution in [0.1, 0.15) is 66.8 Å². The molecule has 45 heavy (non-hydrogen) atoms. The molecule has 0 N–H and O–H groups in total. The van der Waals surface area contributed by atoms with Crippen molar-refractivity contribution in [1.82, 2.24) is 0 Å². The van der Waals surface area contributed by atoms with Gasteiger partial charge in [-0.1, -0.05) is 37.0 Å². The highest BCUT2D eigenvalue weighted by Crippen LogP contribution is 2.38. The number of benzene rings is 3. The third-order valence-corrected chi connectivity index (χ3v) is 7.99. The Labute approximate surface area is 256 Å². The molecule has 3 aromatic carbocycles. The SMILES string of the molecule is CCN(CC1CCCCC1)c1ccc(OC(F)(F)F)cc1CN(Cc1cc(C(F)(F)F)cc(C(F)(F)F)c1)c1ccc(C)cc1. The first-order valence-electron chi connectivity index (χ1n) is 14.8. The lowest BCUT2D eigenvalue weighted by molar-refractivity contribution is -0.274. The van der Waals surface area contributed by atoms with E-state index >= 15 is 0 Å². The zero-order valence-electron chi connectivity index (χ0n) is 24.9. The second kappa shape index (κ2) is 13.8. The van der Waals surface area contributed by atoms with Gasteiger partial charge in [0.25, 0.3) is 0 Å². The van der Waals surface area contributed by atoms with Crippen LogP contribution >= 0.6 is 0 Å². The van der Waals surface area contributed by atoms with Crippen LogP contribution in [-0.2, 0) is 25.4 Å². The van der Waals surface area contributed by atoms with Gasteiger partial charge in [0.05, 0.1) is 11.1 Å². The first-order valence-corrected chi connectivity index (χ1v) is 14.8. The third-order valence-electron chi connectivity index (χ3n) is 7.99. The molecule has 0 bridgehead atoms. The Hall–Kier alpha value is -3.57. The van der Waals surface area contributed by atoms with Crippen LogP contribution in [0, 0.1) is 12.8 Å². The van der Waals surface area contributed by atoms with Gasteiger partial charge in [-0.05, 0) is 92.3 Å². The van der Waals surface area contributed by atoms with Gasteiger partial charge >= 0.3 is 18.7 Å². The van der Waals surface area contributed by atoms with Crippen LogP contribution in [0.3, 0.4) is 0 Å². The molecule has 0 heterocycles. The minimum Gasteiger partial charge on any atom is -0.406 e.